The Labute approximate surface area is 137 Å². The molecule has 5 nitrogen and oxygen atoms in total. The van der Waals surface area contributed by atoms with E-state index in [-0.39, 0.29) is 11.9 Å². The van der Waals surface area contributed by atoms with Gasteiger partial charge in [-0.05, 0) is 45.5 Å². The van der Waals surface area contributed by atoms with Gasteiger partial charge in [-0.3, -0.25) is 4.79 Å². The first-order valence-electron chi connectivity index (χ1n) is 8.12. The number of benzene rings is 1. The molecular weight excluding hydrogens is 288 g/mol. The summed E-state index contributed by atoms with van der Waals surface area (Å²) in [5, 5.41) is 2.98. The second-order valence-electron chi connectivity index (χ2n) is 6.60. The van der Waals surface area contributed by atoms with Gasteiger partial charge < -0.3 is 14.8 Å². The largest absolute Gasteiger partial charge is 0.321 e. The molecule has 0 atom stereocenters. The molecule has 2 heterocycles. The summed E-state index contributed by atoms with van der Waals surface area (Å²) in [6, 6.07) is 8.04. The lowest BCUT2D eigenvalue weighted by molar-refractivity contribution is 0.101. The van der Waals surface area contributed by atoms with Gasteiger partial charge in [0.1, 0.15) is 0 Å². The van der Waals surface area contributed by atoms with Gasteiger partial charge in [-0.15, -0.1) is 0 Å². The number of hydrogen-bond acceptors (Lipinski definition) is 3. The van der Waals surface area contributed by atoms with E-state index in [1.165, 1.54) is 5.69 Å². The standard InChI is InChI=1S/C18H24N4O/c1-12(2)22-16-8-9-21(4)11-15(16)20-17(22)18(23)19-14-7-5-6-13(3)10-14/h5-7,10,12H,8-9,11H2,1-4H3,(H,19,23). The van der Waals surface area contributed by atoms with Crippen LogP contribution in [0.15, 0.2) is 24.3 Å². The minimum atomic E-state index is -0.138. The van der Waals surface area contributed by atoms with Crippen molar-refractivity contribution in [3.8, 4) is 0 Å². The maximum absolute atomic E-state index is 12.7. The van der Waals surface area contributed by atoms with Crippen molar-refractivity contribution in [1.29, 1.82) is 0 Å². The van der Waals surface area contributed by atoms with E-state index < -0.39 is 0 Å². The van der Waals surface area contributed by atoms with Crippen LogP contribution in [-0.2, 0) is 13.0 Å². The molecule has 0 unspecified atom stereocenters. The topological polar surface area (TPSA) is 50.2 Å². The van der Waals surface area contributed by atoms with Crippen LogP contribution in [0.4, 0.5) is 5.69 Å². The fraction of sp³-hybridized carbons (Fsp3) is 0.444. The highest BCUT2D eigenvalue weighted by Gasteiger charge is 2.26. The van der Waals surface area contributed by atoms with E-state index in [0.29, 0.717) is 5.82 Å². The maximum Gasteiger partial charge on any atom is 0.291 e. The van der Waals surface area contributed by atoms with Gasteiger partial charge in [-0.25, -0.2) is 4.98 Å². The van der Waals surface area contributed by atoms with Crippen LogP contribution in [0.5, 0.6) is 0 Å². The third kappa shape index (κ3) is 3.15. The number of rotatable bonds is 3. The molecule has 23 heavy (non-hydrogen) atoms. The molecule has 1 aromatic heterocycles. The van der Waals surface area contributed by atoms with Crippen LogP contribution in [0.3, 0.4) is 0 Å². The number of carbonyl (C=O) groups excluding carboxylic acids is 1. The lowest BCUT2D eigenvalue weighted by Gasteiger charge is -2.24. The molecule has 1 aliphatic rings. The van der Waals surface area contributed by atoms with Crippen LogP contribution < -0.4 is 5.32 Å². The Bertz CT molecular complexity index is 733. The Morgan fingerprint density at radius 1 is 1.35 bits per heavy atom. The summed E-state index contributed by atoms with van der Waals surface area (Å²) >= 11 is 0. The number of hydrogen-bond donors (Lipinski definition) is 1. The Hall–Kier alpha value is -2.14. The quantitative estimate of drug-likeness (QED) is 0.948. The molecule has 122 valence electrons. The summed E-state index contributed by atoms with van der Waals surface area (Å²) in [4.78, 5) is 19.6. The van der Waals surface area contributed by atoms with Gasteiger partial charge in [-0.2, -0.15) is 0 Å². The van der Waals surface area contributed by atoms with Crippen molar-refractivity contribution in [2.75, 3.05) is 18.9 Å². The number of imidazole rings is 1. The summed E-state index contributed by atoms with van der Waals surface area (Å²) in [5.74, 6) is 0.378. The van der Waals surface area contributed by atoms with Crippen LogP contribution >= 0.6 is 0 Å². The number of amides is 1. The number of nitrogens with zero attached hydrogens (tertiary/aromatic N) is 3. The molecule has 0 saturated carbocycles. The molecule has 1 aromatic carbocycles. The highest BCUT2D eigenvalue weighted by Crippen LogP contribution is 2.24. The van der Waals surface area contributed by atoms with Gasteiger partial charge in [0, 0.05) is 36.9 Å². The molecule has 0 fully saturated rings. The van der Waals surface area contributed by atoms with Crippen LogP contribution in [0.25, 0.3) is 0 Å². The zero-order valence-corrected chi connectivity index (χ0v) is 14.3. The Balaban J connectivity index is 1.94. The average molecular weight is 312 g/mol. The molecule has 1 aliphatic heterocycles. The molecule has 0 bridgehead atoms. The van der Waals surface area contributed by atoms with E-state index in [4.69, 9.17) is 0 Å². The van der Waals surface area contributed by atoms with Crippen molar-refractivity contribution in [1.82, 2.24) is 14.5 Å². The number of likely N-dealkylation sites (N-methyl/N-ethyl adjacent to an activating group) is 1. The lowest BCUT2D eigenvalue weighted by Crippen LogP contribution is -2.28. The van der Waals surface area contributed by atoms with Crippen LogP contribution in [0.2, 0.25) is 0 Å². The number of anilines is 1. The molecule has 3 rings (SSSR count). The fourth-order valence-electron chi connectivity index (χ4n) is 3.16. The van der Waals surface area contributed by atoms with Gasteiger partial charge in [0.2, 0.25) is 0 Å². The predicted molar refractivity (Wildman–Crippen MR) is 91.8 cm³/mol. The third-order valence-electron chi connectivity index (χ3n) is 4.24. The first-order chi connectivity index (χ1) is 11.0. The molecule has 2 aromatic rings. The number of aryl methyl sites for hydroxylation is 1. The van der Waals surface area contributed by atoms with Gasteiger partial charge >= 0.3 is 0 Å². The number of fused-ring (bicyclic) bond motifs is 1. The van der Waals surface area contributed by atoms with E-state index >= 15 is 0 Å². The van der Waals surface area contributed by atoms with Gasteiger partial charge in [0.15, 0.2) is 5.82 Å². The van der Waals surface area contributed by atoms with Gasteiger partial charge in [0.25, 0.3) is 5.91 Å². The van der Waals surface area contributed by atoms with E-state index in [1.54, 1.807) is 0 Å². The number of aromatic nitrogens is 2. The second kappa shape index (κ2) is 6.16. The summed E-state index contributed by atoms with van der Waals surface area (Å²) in [7, 11) is 2.09. The van der Waals surface area contributed by atoms with Crippen molar-refractivity contribution in [2.24, 2.45) is 0 Å². The molecule has 0 saturated heterocycles. The summed E-state index contributed by atoms with van der Waals surface area (Å²) in [6.45, 7) is 8.02. The highest BCUT2D eigenvalue weighted by molar-refractivity contribution is 6.02. The van der Waals surface area contributed by atoms with Crippen molar-refractivity contribution < 1.29 is 4.79 Å². The molecule has 5 heteroatoms. The molecule has 1 N–H and O–H groups in total. The first-order valence-corrected chi connectivity index (χ1v) is 8.12. The van der Waals surface area contributed by atoms with Crippen LogP contribution in [0, 0.1) is 6.92 Å². The minimum Gasteiger partial charge on any atom is -0.321 e. The van der Waals surface area contributed by atoms with Crippen molar-refractivity contribution in [3.63, 3.8) is 0 Å². The Morgan fingerprint density at radius 2 is 2.13 bits per heavy atom. The van der Waals surface area contributed by atoms with Crippen LogP contribution in [0.1, 0.15) is 47.5 Å². The lowest BCUT2D eigenvalue weighted by atomic mass is 10.1. The van der Waals surface area contributed by atoms with Gasteiger partial charge in [-0.1, -0.05) is 12.1 Å². The smallest absolute Gasteiger partial charge is 0.291 e. The summed E-state index contributed by atoms with van der Waals surface area (Å²) in [6.07, 6.45) is 0.939. The number of nitrogens with one attached hydrogen (secondary N) is 1. The van der Waals surface area contributed by atoms with E-state index in [2.05, 4.69) is 40.7 Å². The van der Waals surface area contributed by atoms with Crippen molar-refractivity contribution >= 4 is 11.6 Å². The molecular formula is C18H24N4O. The molecule has 1 amide bonds. The highest BCUT2D eigenvalue weighted by atomic mass is 16.2. The molecule has 0 radical (unpaired) electrons. The Kier molecular flexibility index (Phi) is 4.22. The second-order valence-corrected chi connectivity index (χ2v) is 6.60. The van der Waals surface area contributed by atoms with E-state index in [9.17, 15) is 4.79 Å². The molecule has 0 spiro atoms. The minimum absolute atomic E-state index is 0.138. The summed E-state index contributed by atoms with van der Waals surface area (Å²) < 4.78 is 2.09. The number of carbonyl (C=O) groups is 1. The monoisotopic (exact) mass is 312 g/mol. The zero-order chi connectivity index (χ0) is 16.6. The first kappa shape index (κ1) is 15.7. The molecule has 0 aliphatic carbocycles. The SMILES string of the molecule is Cc1cccc(NC(=O)c2nc3c(n2C(C)C)CCN(C)C3)c1. The normalized spacial score (nSPS) is 14.8. The zero-order valence-electron chi connectivity index (χ0n) is 14.3. The summed E-state index contributed by atoms with van der Waals surface area (Å²) in [5.41, 5.74) is 4.16. The predicted octanol–water partition coefficient (Wildman–Crippen LogP) is 3.01. The third-order valence-corrected chi connectivity index (χ3v) is 4.24. The van der Waals surface area contributed by atoms with Crippen molar-refractivity contribution in [3.05, 3.63) is 47.0 Å². The maximum atomic E-state index is 12.7. The van der Waals surface area contributed by atoms with Gasteiger partial charge in [0.05, 0.1) is 5.69 Å². The van der Waals surface area contributed by atoms with E-state index in [1.807, 2.05) is 31.2 Å². The fourth-order valence-corrected chi connectivity index (χ4v) is 3.16. The Morgan fingerprint density at radius 3 is 2.83 bits per heavy atom. The van der Waals surface area contributed by atoms with Crippen LogP contribution in [-0.4, -0.2) is 34.0 Å². The average Bonchev–Trinajstić information content (AvgIpc) is 2.85. The van der Waals surface area contributed by atoms with E-state index in [0.717, 1.165) is 36.5 Å². The van der Waals surface area contributed by atoms with Crippen molar-refractivity contribution in [2.45, 2.75) is 39.8 Å².